The molecule has 0 saturated heterocycles. The second kappa shape index (κ2) is 8.63. The number of hydrogen-bond donors (Lipinski definition) is 2. The second-order valence-corrected chi connectivity index (χ2v) is 6.42. The molecule has 24 heavy (non-hydrogen) atoms. The number of hydrogen-bond acceptors (Lipinski definition) is 4. The van der Waals surface area contributed by atoms with Gasteiger partial charge in [-0.3, -0.25) is 4.98 Å². The minimum Gasteiger partial charge on any atom is -0.365 e. The van der Waals surface area contributed by atoms with Gasteiger partial charge >= 0.3 is 6.18 Å². The van der Waals surface area contributed by atoms with Crippen molar-refractivity contribution >= 4 is 5.82 Å². The zero-order chi connectivity index (χ0) is 18.2. The summed E-state index contributed by atoms with van der Waals surface area (Å²) in [4.78, 5) is 7.94. The van der Waals surface area contributed by atoms with Crippen molar-refractivity contribution in [2.45, 2.75) is 45.5 Å². The summed E-state index contributed by atoms with van der Waals surface area (Å²) in [7, 11) is 0. The van der Waals surface area contributed by atoms with Gasteiger partial charge in [0, 0.05) is 24.5 Å². The van der Waals surface area contributed by atoms with Crippen LogP contribution in [0.5, 0.6) is 0 Å². The molecule has 0 bridgehead atoms. The molecule has 0 spiro atoms. The quantitative estimate of drug-likeness (QED) is 0.885. The first kappa shape index (κ1) is 19.9. The minimum atomic E-state index is -4.17. The summed E-state index contributed by atoms with van der Waals surface area (Å²) in [6.45, 7) is 6.39. The number of nitrogens with zero attached hydrogens (tertiary/aromatic N) is 2. The second-order valence-electron chi connectivity index (χ2n) is 6.42. The van der Waals surface area contributed by atoms with Crippen molar-refractivity contribution in [1.82, 2.24) is 9.97 Å². The Balaban J connectivity index is 0.000000505. The Kier molecular flexibility index (Phi) is 7.16. The Bertz CT molecular complexity index is 584. The van der Waals surface area contributed by atoms with Crippen LogP contribution in [0.2, 0.25) is 0 Å². The lowest BCUT2D eigenvalue weighted by molar-refractivity contribution is -0.127. The highest BCUT2D eigenvalue weighted by Gasteiger charge is 2.27. The summed E-state index contributed by atoms with van der Waals surface area (Å²) in [6, 6.07) is 6.32. The van der Waals surface area contributed by atoms with Crippen LogP contribution in [0.1, 0.15) is 31.9 Å². The van der Waals surface area contributed by atoms with Gasteiger partial charge < -0.3 is 11.1 Å². The van der Waals surface area contributed by atoms with Gasteiger partial charge in [0.15, 0.2) is 0 Å². The van der Waals surface area contributed by atoms with Crippen LogP contribution >= 0.6 is 0 Å². The molecule has 0 atom stereocenters. The number of anilines is 1. The number of benzene rings is 1. The molecule has 0 unspecified atom stereocenters. The number of alkyl halides is 3. The van der Waals surface area contributed by atoms with Crippen molar-refractivity contribution in [1.29, 1.82) is 0 Å². The van der Waals surface area contributed by atoms with Crippen molar-refractivity contribution in [3.8, 4) is 0 Å². The van der Waals surface area contributed by atoms with E-state index in [1.165, 1.54) is 12.1 Å². The Morgan fingerprint density at radius 3 is 2.00 bits per heavy atom. The lowest BCUT2D eigenvalue weighted by atomic mass is 10.1. The van der Waals surface area contributed by atoms with Crippen molar-refractivity contribution in [2.24, 2.45) is 5.73 Å². The molecule has 2 aromatic rings. The van der Waals surface area contributed by atoms with E-state index >= 15 is 0 Å². The molecule has 0 amide bonds. The van der Waals surface area contributed by atoms with Crippen LogP contribution in [-0.4, -0.2) is 21.7 Å². The van der Waals surface area contributed by atoms with E-state index in [-0.39, 0.29) is 11.1 Å². The smallest absolute Gasteiger partial charge is 0.365 e. The van der Waals surface area contributed by atoms with Crippen LogP contribution in [0.4, 0.5) is 19.0 Å². The van der Waals surface area contributed by atoms with E-state index < -0.39 is 12.6 Å². The highest BCUT2D eigenvalue weighted by Crippen LogP contribution is 2.21. The lowest BCUT2D eigenvalue weighted by Crippen LogP contribution is -2.26. The summed E-state index contributed by atoms with van der Waals surface area (Å²) in [5.41, 5.74) is 6.50. The third kappa shape index (κ3) is 10.6. The van der Waals surface area contributed by atoms with Gasteiger partial charge in [-0.05, 0) is 31.9 Å². The standard InChI is InChI=1S/C13H12F3N3.C4H11N/c14-13(15,16)7-10-1-3-11(4-2-10)8-19-12-9-17-5-6-18-12;1-4(2,3)5/h1-6,9H,7-8H2,(H,18,19);5H2,1-3H3. The van der Waals surface area contributed by atoms with Crippen LogP contribution in [0, 0.1) is 0 Å². The molecule has 0 aliphatic carbocycles. The highest BCUT2D eigenvalue weighted by atomic mass is 19.4. The third-order valence-corrected chi connectivity index (χ3v) is 2.46. The van der Waals surface area contributed by atoms with E-state index in [4.69, 9.17) is 5.73 Å². The monoisotopic (exact) mass is 340 g/mol. The van der Waals surface area contributed by atoms with E-state index in [9.17, 15) is 13.2 Å². The fraction of sp³-hybridized carbons (Fsp3) is 0.412. The minimum absolute atomic E-state index is 0. The van der Waals surface area contributed by atoms with E-state index in [0.29, 0.717) is 12.4 Å². The predicted octanol–water partition coefficient (Wildman–Crippen LogP) is 3.94. The predicted molar refractivity (Wildman–Crippen MR) is 89.5 cm³/mol. The highest BCUT2D eigenvalue weighted by molar-refractivity contribution is 5.33. The summed E-state index contributed by atoms with van der Waals surface area (Å²) in [5.74, 6) is 0.627. The molecule has 0 aliphatic rings. The van der Waals surface area contributed by atoms with Gasteiger partial charge in [-0.25, -0.2) is 4.98 Å². The molecular formula is C17H23F3N4. The fourth-order valence-electron chi connectivity index (χ4n) is 1.59. The molecule has 1 aromatic heterocycles. The number of aromatic nitrogens is 2. The van der Waals surface area contributed by atoms with Gasteiger partial charge in [0.1, 0.15) is 5.82 Å². The molecule has 1 heterocycles. The molecule has 0 fully saturated rings. The van der Waals surface area contributed by atoms with Gasteiger partial charge in [0.2, 0.25) is 0 Å². The van der Waals surface area contributed by atoms with Crippen molar-refractivity contribution < 1.29 is 13.2 Å². The van der Waals surface area contributed by atoms with Crippen LogP contribution in [0.25, 0.3) is 0 Å². The molecule has 2 rings (SSSR count). The van der Waals surface area contributed by atoms with Crippen LogP contribution in [0.3, 0.4) is 0 Å². The number of halogens is 3. The molecule has 0 radical (unpaired) electrons. The van der Waals surface area contributed by atoms with Gasteiger partial charge in [-0.2, -0.15) is 13.2 Å². The summed E-state index contributed by atoms with van der Waals surface area (Å²) >= 11 is 0. The summed E-state index contributed by atoms with van der Waals surface area (Å²) < 4.78 is 36.6. The first-order valence-corrected chi connectivity index (χ1v) is 7.46. The maximum atomic E-state index is 12.2. The summed E-state index contributed by atoms with van der Waals surface area (Å²) in [5, 5.41) is 3.03. The van der Waals surface area contributed by atoms with E-state index in [1.54, 1.807) is 30.7 Å². The van der Waals surface area contributed by atoms with Crippen LogP contribution in [-0.2, 0) is 13.0 Å². The Morgan fingerprint density at radius 1 is 1.00 bits per heavy atom. The fourth-order valence-corrected chi connectivity index (χ4v) is 1.59. The molecule has 4 nitrogen and oxygen atoms in total. The van der Waals surface area contributed by atoms with Crippen molar-refractivity contribution in [3.63, 3.8) is 0 Å². The van der Waals surface area contributed by atoms with E-state index in [0.717, 1.165) is 5.56 Å². The SMILES string of the molecule is CC(C)(C)N.FC(F)(F)Cc1ccc(CNc2cnccn2)cc1. The van der Waals surface area contributed by atoms with Crippen LogP contribution in [0.15, 0.2) is 42.9 Å². The third-order valence-electron chi connectivity index (χ3n) is 2.46. The van der Waals surface area contributed by atoms with Crippen molar-refractivity contribution in [2.75, 3.05) is 5.32 Å². The maximum Gasteiger partial charge on any atom is 0.393 e. The Morgan fingerprint density at radius 2 is 1.54 bits per heavy atom. The average Bonchev–Trinajstić information content (AvgIpc) is 2.44. The van der Waals surface area contributed by atoms with Crippen LogP contribution < -0.4 is 11.1 Å². The van der Waals surface area contributed by atoms with Gasteiger partial charge in [-0.15, -0.1) is 0 Å². The number of nitrogens with one attached hydrogen (secondary N) is 1. The first-order valence-electron chi connectivity index (χ1n) is 7.46. The first-order chi connectivity index (χ1) is 11.0. The van der Waals surface area contributed by atoms with E-state index in [1.807, 2.05) is 20.8 Å². The zero-order valence-corrected chi connectivity index (χ0v) is 14.1. The average molecular weight is 340 g/mol. The van der Waals surface area contributed by atoms with Crippen molar-refractivity contribution in [3.05, 3.63) is 54.0 Å². The lowest BCUT2D eigenvalue weighted by Gasteiger charge is -2.08. The number of rotatable bonds is 4. The largest absolute Gasteiger partial charge is 0.393 e. The Labute approximate surface area is 140 Å². The molecule has 3 N–H and O–H groups in total. The van der Waals surface area contributed by atoms with Gasteiger partial charge in [-0.1, -0.05) is 24.3 Å². The van der Waals surface area contributed by atoms with E-state index in [2.05, 4.69) is 15.3 Å². The molecule has 7 heteroatoms. The molecule has 0 aliphatic heterocycles. The Hall–Kier alpha value is -2.15. The molecule has 0 saturated carbocycles. The molecular weight excluding hydrogens is 317 g/mol. The number of nitrogens with two attached hydrogens (primary N) is 1. The topological polar surface area (TPSA) is 63.8 Å². The normalized spacial score (nSPS) is 11.5. The molecule has 132 valence electrons. The molecule has 1 aromatic carbocycles. The van der Waals surface area contributed by atoms with Gasteiger partial charge in [0.05, 0.1) is 12.6 Å². The maximum absolute atomic E-state index is 12.2. The zero-order valence-electron chi connectivity index (χ0n) is 14.1. The van der Waals surface area contributed by atoms with Gasteiger partial charge in [0.25, 0.3) is 0 Å². The summed E-state index contributed by atoms with van der Waals surface area (Å²) in [6.07, 6.45) is -0.353.